The van der Waals surface area contributed by atoms with Crippen molar-refractivity contribution in [3.8, 4) is 11.1 Å². The molecule has 0 unspecified atom stereocenters. The van der Waals surface area contributed by atoms with Crippen LogP contribution in [0.15, 0.2) is 59.8 Å². The summed E-state index contributed by atoms with van der Waals surface area (Å²) in [6, 6.07) is 10.5. The van der Waals surface area contributed by atoms with E-state index >= 15 is 0 Å². The van der Waals surface area contributed by atoms with Gasteiger partial charge in [-0.2, -0.15) is 13.2 Å². The Bertz CT molecular complexity index is 1230. The van der Waals surface area contributed by atoms with E-state index in [4.69, 9.17) is 16.7 Å². The molecule has 0 aliphatic rings. The van der Waals surface area contributed by atoms with E-state index in [1.165, 1.54) is 12.1 Å². The van der Waals surface area contributed by atoms with E-state index in [-0.39, 0.29) is 23.2 Å². The first-order chi connectivity index (χ1) is 14.4. The number of carbonyl (C=O) groups excluding carboxylic acids is 1. The number of halogens is 4. The number of hydrogen-bond acceptors (Lipinski definition) is 5. The lowest BCUT2D eigenvalue weighted by molar-refractivity contribution is -0.145. The molecule has 0 bridgehead atoms. The van der Waals surface area contributed by atoms with Crippen molar-refractivity contribution in [2.24, 2.45) is 5.14 Å². The van der Waals surface area contributed by atoms with Crippen molar-refractivity contribution >= 4 is 33.2 Å². The van der Waals surface area contributed by atoms with Crippen LogP contribution in [0, 0.1) is 0 Å². The predicted molar refractivity (Wildman–Crippen MR) is 108 cm³/mol. The average molecular weight is 471 g/mol. The zero-order valence-electron chi connectivity index (χ0n) is 15.5. The number of carbonyl (C=O) groups is 1. The quantitative estimate of drug-likeness (QED) is 0.590. The zero-order valence-corrected chi connectivity index (χ0v) is 17.1. The van der Waals surface area contributed by atoms with Crippen LogP contribution in [-0.2, 0) is 27.4 Å². The molecule has 1 heterocycles. The van der Waals surface area contributed by atoms with Gasteiger partial charge in [0.15, 0.2) is 0 Å². The fourth-order valence-corrected chi connectivity index (χ4v) is 3.69. The van der Waals surface area contributed by atoms with Crippen molar-refractivity contribution in [1.82, 2.24) is 9.97 Å². The van der Waals surface area contributed by atoms with E-state index in [9.17, 15) is 26.4 Å². The maximum Gasteiger partial charge on any atom is 0.451 e. The molecule has 0 saturated carbocycles. The molecule has 162 valence electrons. The Balaban J connectivity index is 1.90. The molecular formula is C19H14ClF3N4O3S. The number of rotatable bonds is 5. The normalized spacial score (nSPS) is 11.9. The van der Waals surface area contributed by atoms with Gasteiger partial charge in [0.2, 0.25) is 21.8 Å². The van der Waals surface area contributed by atoms with Crippen LogP contribution >= 0.6 is 11.6 Å². The van der Waals surface area contributed by atoms with Gasteiger partial charge < -0.3 is 5.32 Å². The Labute approximate surface area is 180 Å². The summed E-state index contributed by atoms with van der Waals surface area (Å²) in [5.74, 6) is -1.82. The molecule has 3 rings (SSSR count). The van der Waals surface area contributed by atoms with Crippen molar-refractivity contribution in [3.63, 3.8) is 0 Å². The van der Waals surface area contributed by atoms with E-state index in [0.29, 0.717) is 10.6 Å². The molecule has 0 saturated heterocycles. The maximum atomic E-state index is 12.7. The molecule has 0 spiro atoms. The third kappa shape index (κ3) is 5.57. The molecule has 1 aromatic heterocycles. The van der Waals surface area contributed by atoms with Crippen LogP contribution in [0.2, 0.25) is 5.02 Å². The van der Waals surface area contributed by atoms with Gasteiger partial charge in [-0.15, -0.1) is 0 Å². The topological polar surface area (TPSA) is 115 Å². The van der Waals surface area contributed by atoms with E-state index in [2.05, 4.69) is 15.3 Å². The van der Waals surface area contributed by atoms with Gasteiger partial charge in [-0.3, -0.25) is 4.79 Å². The van der Waals surface area contributed by atoms with Gasteiger partial charge in [0.1, 0.15) is 0 Å². The predicted octanol–water partition coefficient (Wildman–Crippen LogP) is 3.64. The number of benzene rings is 2. The highest BCUT2D eigenvalue weighted by Gasteiger charge is 2.34. The smallest absolute Gasteiger partial charge is 0.326 e. The number of primary sulfonamides is 1. The molecule has 0 atom stereocenters. The molecule has 1 amide bonds. The fourth-order valence-electron chi connectivity index (χ4n) is 2.71. The van der Waals surface area contributed by atoms with Crippen molar-refractivity contribution in [3.05, 3.63) is 71.3 Å². The van der Waals surface area contributed by atoms with Crippen molar-refractivity contribution < 1.29 is 26.4 Å². The van der Waals surface area contributed by atoms with Crippen molar-refractivity contribution in [2.45, 2.75) is 17.5 Å². The van der Waals surface area contributed by atoms with E-state index in [1.54, 1.807) is 24.3 Å². The summed E-state index contributed by atoms with van der Waals surface area (Å²) in [4.78, 5) is 18.3. The van der Waals surface area contributed by atoms with Gasteiger partial charge in [0.25, 0.3) is 0 Å². The Hall–Kier alpha value is -3.02. The summed E-state index contributed by atoms with van der Waals surface area (Å²) >= 11 is 6.03. The highest BCUT2D eigenvalue weighted by Crippen LogP contribution is 2.31. The highest BCUT2D eigenvalue weighted by atomic mass is 35.5. The zero-order chi connectivity index (χ0) is 22.8. The summed E-state index contributed by atoms with van der Waals surface area (Å²) in [6.07, 6.45) is -3.11. The maximum absolute atomic E-state index is 12.7. The Morgan fingerprint density at radius 1 is 1.10 bits per heavy atom. The van der Waals surface area contributed by atoms with Crippen LogP contribution in [0.5, 0.6) is 0 Å². The van der Waals surface area contributed by atoms with Crippen LogP contribution in [-0.4, -0.2) is 24.3 Å². The number of aromatic nitrogens is 2. The molecule has 3 aromatic rings. The van der Waals surface area contributed by atoms with Gasteiger partial charge in [-0.25, -0.2) is 23.5 Å². The van der Waals surface area contributed by atoms with Crippen molar-refractivity contribution in [1.29, 1.82) is 0 Å². The largest absolute Gasteiger partial charge is 0.451 e. The summed E-state index contributed by atoms with van der Waals surface area (Å²) in [5.41, 5.74) is 0.691. The second-order valence-electron chi connectivity index (χ2n) is 6.37. The third-order valence-electron chi connectivity index (χ3n) is 4.10. The number of nitrogens with zero attached hydrogens (tertiary/aromatic N) is 2. The Morgan fingerprint density at radius 3 is 2.32 bits per heavy atom. The van der Waals surface area contributed by atoms with Crippen LogP contribution in [0.1, 0.15) is 11.4 Å². The third-order valence-corrected chi connectivity index (χ3v) is 5.42. The number of nitrogens with one attached hydrogen (secondary N) is 1. The monoisotopic (exact) mass is 470 g/mol. The van der Waals surface area contributed by atoms with Gasteiger partial charge in [-0.1, -0.05) is 35.9 Å². The molecule has 0 fully saturated rings. The van der Waals surface area contributed by atoms with Crippen LogP contribution in [0.25, 0.3) is 11.1 Å². The van der Waals surface area contributed by atoms with E-state index in [0.717, 1.165) is 18.5 Å². The highest BCUT2D eigenvalue weighted by molar-refractivity contribution is 7.89. The SMILES string of the molecule is NS(=O)(=O)c1cc(NC(=O)Cc2ccccc2Cl)ccc1-c1cnc(C(F)(F)F)nc1. The first kappa shape index (κ1) is 22.7. The van der Waals surface area contributed by atoms with E-state index in [1.807, 2.05) is 0 Å². The minimum Gasteiger partial charge on any atom is -0.326 e. The van der Waals surface area contributed by atoms with Gasteiger partial charge in [-0.05, 0) is 23.8 Å². The van der Waals surface area contributed by atoms with Crippen LogP contribution < -0.4 is 10.5 Å². The molecule has 0 aliphatic carbocycles. The van der Waals surface area contributed by atoms with Crippen molar-refractivity contribution in [2.75, 3.05) is 5.32 Å². The van der Waals surface area contributed by atoms with Crippen LogP contribution in [0.4, 0.5) is 18.9 Å². The van der Waals surface area contributed by atoms with Gasteiger partial charge in [0.05, 0.1) is 11.3 Å². The molecule has 2 aromatic carbocycles. The number of hydrogen-bond donors (Lipinski definition) is 2. The molecule has 12 heteroatoms. The molecule has 31 heavy (non-hydrogen) atoms. The second-order valence-corrected chi connectivity index (χ2v) is 8.30. The van der Waals surface area contributed by atoms with Gasteiger partial charge in [0, 0.05) is 34.2 Å². The molecule has 7 nitrogen and oxygen atoms in total. The molecule has 0 radical (unpaired) electrons. The molecule has 0 aliphatic heterocycles. The standard InChI is InChI=1S/C19H14ClF3N4O3S/c20-15-4-2-1-3-11(15)7-17(28)27-13-5-6-14(16(8-13)31(24,29)30)12-9-25-18(26-10-12)19(21,22)23/h1-6,8-10H,7H2,(H,27,28)(H2,24,29,30). The van der Waals surface area contributed by atoms with E-state index < -0.39 is 32.8 Å². The lowest BCUT2D eigenvalue weighted by atomic mass is 10.1. The fraction of sp³-hybridized carbons (Fsp3) is 0.105. The summed E-state index contributed by atoms with van der Waals surface area (Å²) in [7, 11) is -4.29. The Morgan fingerprint density at radius 2 is 1.74 bits per heavy atom. The minimum absolute atomic E-state index is 0.00553. The summed E-state index contributed by atoms with van der Waals surface area (Å²) in [6.45, 7) is 0. The summed E-state index contributed by atoms with van der Waals surface area (Å²) in [5, 5.41) is 8.20. The summed E-state index contributed by atoms with van der Waals surface area (Å²) < 4.78 is 62.1. The lowest BCUT2D eigenvalue weighted by Gasteiger charge is -2.12. The molecule has 3 N–H and O–H groups in total. The first-order valence-corrected chi connectivity index (χ1v) is 10.5. The minimum atomic E-state index is -4.74. The average Bonchev–Trinajstić information content (AvgIpc) is 2.68. The van der Waals surface area contributed by atoms with Gasteiger partial charge >= 0.3 is 6.18 Å². The van der Waals surface area contributed by atoms with Crippen LogP contribution in [0.3, 0.4) is 0 Å². The first-order valence-electron chi connectivity index (χ1n) is 8.55. The number of amides is 1. The second kappa shape index (κ2) is 8.61. The number of sulfonamides is 1. The lowest BCUT2D eigenvalue weighted by Crippen LogP contribution is -2.17. The number of nitrogens with two attached hydrogens (primary N) is 1. The Kier molecular flexibility index (Phi) is 6.30. The number of anilines is 1. The number of alkyl halides is 3. The molecular weight excluding hydrogens is 457 g/mol.